The molecule has 5 nitrogen and oxygen atoms in total. The first-order valence-corrected chi connectivity index (χ1v) is 10.2. The summed E-state index contributed by atoms with van der Waals surface area (Å²) in [6.07, 6.45) is 4.27. The molecular weight excluding hydrogens is 420 g/mol. The molecule has 0 saturated carbocycles. The zero-order chi connectivity index (χ0) is 19.5. The van der Waals surface area contributed by atoms with E-state index >= 15 is 0 Å². The third-order valence-electron chi connectivity index (χ3n) is 5.10. The van der Waals surface area contributed by atoms with Gasteiger partial charge in [0.1, 0.15) is 5.75 Å². The number of fused-ring (bicyclic) bond motifs is 1. The molecule has 0 N–H and O–H groups in total. The van der Waals surface area contributed by atoms with E-state index in [2.05, 4.69) is 15.9 Å². The Kier molecular flexibility index (Phi) is 5.48. The van der Waals surface area contributed by atoms with Crippen LogP contribution >= 0.6 is 15.9 Å². The van der Waals surface area contributed by atoms with Gasteiger partial charge in [0, 0.05) is 48.7 Å². The lowest BCUT2D eigenvalue weighted by atomic mass is 10.1. The minimum absolute atomic E-state index is 0.0206. The van der Waals surface area contributed by atoms with Crippen LogP contribution in [0.25, 0.3) is 6.08 Å². The summed E-state index contributed by atoms with van der Waals surface area (Å²) in [6, 6.07) is 13.4. The molecule has 2 aromatic rings. The van der Waals surface area contributed by atoms with Crippen molar-refractivity contribution in [1.82, 2.24) is 9.80 Å². The van der Waals surface area contributed by atoms with E-state index in [0.717, 1.165) is 27.8 Å². The number of carbonyl (C=O) groups is 2. The van der Waals surface area contributed by atoms with Crippen molar-refractivity contribution >= 4 is 33.8 Å². The zero-order valence-corrected chi connectivity index (χ0v) is 17.0. The van der Waals surface area contributed by atoms with Gasteiger partial charge in [-0.3, -0.25) is 9.59 Å². The fourth-order valence-electron chi connectivity index (χ4n) is 3.48. The lowest BCUT2D eigenvalue weighted by Crippen LogP contribution is -2.50. The van der Waals surface area contributed by atoms with E-state index in [9.17, 15) is 9.59 Å². The minimum atomic E-state index is -0.0234. The Morgan fingerprint density at radius 3 is 2.43 bits per heavy atom. The molecule has 0 atom stereocenters. The van der Waals surface area contributed by atoms with Crippen molar-refractivity contribution in [2.75, 3.05) is 32.8 Å². The first kappa shape index (κ1) is 18.7. The number of piperazine rings is 1. The molecule has 2 heterocycles. The van der Waals surface area contributed by atoms with Gasteiger partial charge in [-0.1, -0.05) is 28.1 Å². The minimum Gasteiger partial charge on any atom is -0.493 e. The smallest absolute Gasteiger partial charge is 0.253 e. The molecule has 6 heteroatoms. The maximum Gasteiger partial charge on any atom is 0.253 e. The fraction of sp³-hybridized carbons (Fsp3) is 0.273. The zero-order valence-electron chi connectivity index (χ0n) is 15.4. The molecule has 2 aromatic carbocycles. The number of ether oxygens (including phenoxy) is 1. The van der Waals surface area contributed by atoms with Crippen LogP contribution in [0.4, 0.5) is 0 Å². The molecule has 1 fully saturated rings. The van der Waals surface area contributed by atoms with Gasteiger partial charge in [-0.25, -0.2) is 0 Å². The summed E-state index contributed by atoms with van der Waals surface area (Å²) in [5.74, 6) is 0.876. The molecule has 0 radical (unpaired) electrons. The number of amides is 2. The standard InChI is InChI=1S/C22H21BrN2O3/c23-19-5-1-16(2-6-19)3-8-21(26)24-10-12-25(13-11-24)22(27)18-4-7-20-17(15-18)9-14-28-20/h1-8,15H,9-14H2/b8-3+. The second-order valence-electron chi connectivity index (χ2n) is 6.92. The van der Waals surface area contributed by atoms with Gasteiger partial charge in [-0.05, 0) is 47.5 Å². The highest BCUT2D eigenvalue weighted by atomic mass is 79.9. The number of rotatable bonds is 3. The molecule has 4 rings (SSSR count). The van der Waals surface area contributed by atoms with Crippen molar-refractivity contribution in [1.29, 1.82) is 0 Å². The quantitative estimate of drug-likeness (QED) is 0.687. The summed E-state index contributed by atoms with van der Waals surface area (Å²) in [5, 5.41) is 0. The summed E-state index contributed by atoms with van der Waals surface area (Å²) in [7, 11) is 0. The topological polar surface area (TPSA) is 49.9 Å². The monoisotopic (exact) mass is 440 g/mol. The predicted octanol–water partition coefficient (Wildman–Crippen LogP) is 3.38. The number of hydrogen-bond donors (Lipinski definition) is 0. The van der Waals surface area contributed by atoms with Crippen LogP contribution in [-0.2, 0) is 11.2 Å². The van der Waals surface area contributed by atoms with E-state index in [-0.39, 0.29) is 11.8 Å². The second kappa shape index (κ2) is 8.19. The molecule has 2 aliphatic heterocycles. The van der Waals surface area contributed by atoms with Gasteiger partial charge >= 0.3 is 0 Å². The lowest BCUT2D eigenvalue weighted by Gasteiger charge is -2.34. The Balaban J connectivity index is 1.33. The van der Waals surface area contributed by atoms with Gasteiger partial charge in [-0.15, -0.1) is 0 Å². The van der Waals surface area contributed by atoms with Gasteiger partial charge in [0.15, 0.2) is 0 Å². The number of nitrogens with zero attached hydrogens (tertiary/aromatic N) is 2. The summed E-state index contributed by atoms with van der Waals surface area (Å²) >= 11 is 3.40. The molecule has 144 valence electrons. The molecule has 0 bridgehead atoms. The third kappa shape index (κ3) is 4.12. The lowest BCUT2D eigenvalue weighted by molar-refractivity contribution is -0.127. The molecule has 0 aromatic heterocycles. The van der Waals surface area contributed by atoms with Gasteiger partial charge in [0.05, 0.1) is 6.61 Å². The Morgan fingerprint density at radius 2 is 1.68 bits per heavy atom. The van der Waals surface area contributed by atoms with Crippen LogP contribution in [0.15, 0.2) is 53.0 Å². The second-order valence-corrected chi connectivity index (χ2v) is 7.84. The van der Waals surface area contributed by atoms with Crippen LogP contribution in [0, 0.1) is 0 Å². The number of halogens is 1. The molecule has 1 saturated heterocycles. The molecule has 0 unspecified atom stereocenters. The van der Waals surface area contributed by atoms with E-state index in [1.54, 1.807) is 11.0 Å². The van der Waals surface area contributed by atoms with Crippen molar-refractivity contribution in [2.45, 2.75) is 6.42 Å². The number of hydrogen-bond acceptors (Lipinski definition) is 3. The number of benzene rings is 2. The highest BCUT2D eigenvalue weighted by molar-refractivity contribution is 9.10. The van der Waals surface area contributed by atoms with Crippen LogP contribution in [0.1, 0.15) is 21.5 Å². The summed E-state index contributed by atoms with van der Waals surface area (Å²) in [5.41, 5.74) is 2.77. The van der Waals surface area contributed by atoms with Crippen LogP contribution < -0.4 is 4.74 Å². The molecule has 2 amide bonds. The molecule has 28 heavy (non-hydrogen) atoms. The molecule has 2 aliphatic rings. The first-order chi connectivity index (χ1) is 13.6. The first-order valence-electron chi connectivity index (χ1n) is 9.38. The Morgan fingerprint density at radius 1 is 0.964 bits per heavy atom. The Bertz CT molecular complexity index is 916. The van der Waals surface area contributed by atoms with Crippen molar-refractivity contribution in [3.05, 3.63) is 69.7 Å². The summed E-state index contributed by atoms with van der Waals surface area (Å²) in [6.45, 7) is 2.86. The van der Waals surface area contributed by atoms with Crippen molar-refractivity contribution in [2.24, 2.45) is 0 Å². The molecule has 0 spiro atoms. The average molecular weight is 441 g/mol. The van der Waals surface area contributed by atoms with Crippen molar-refractivity contribution < 1.29 is 14.3 Å². The van der Waals surface area contributed by atoms with Gasteiger partial charge in [0.25, 0.3) is 5.91 Å². The van der Waals surface area contributed by atoms with Gasteiger partial charge in [0.2, 0.25) is 5.91 Å². The average Bonchev–Trinajstić information content (AvgIpc) is 3.20. The maximum absolute atomic E-state index is 12.8. The summed E-state index contributed by atoms with van der Waals surface area (Å²) < 4.78 is 6.51. The van der Waals surface area contributed by atoms with Gasteiger partial charge < -0.3 is 14.5 Å². The van der Waals surface area contributed by atoms with Crippen molar-refractivity contribution in [3.63, 3.8) is 0 Å². The van der Waals surface area contributed by atoms with E-state index in [1.165, 1.54) is 0 Å². The highest BCUT2D eigenvalue weighted by Crippen LogP contribution is 2.26. The van der Waals surface area contributed by atoms with E-state index in [0.29, 0.717) is 38.3 Å². The predicted molar refractivity (Wildman–Crippen MR) is 111 cm³/mol. The van der Waals surface area contributed by atoms with Crippen LogP contribution in [0.3, 0.4) is 0 Å². The Hall–Kier alpha value is -2.60. The SMILES string of the molecule is O=C(/C=C/c1ccc(Br)cc1)N1CCN(C(=O)c2ccc3c(c2)CCO3)CC1. The van der Waals surface area contributed by atoms with Crippen LogP contribution in [0.2, 0.25) is 0 Å². The number of carbonyl (C=O) groups excluding carboxylic acids is 2. The maximum atomic E-state index is 12.8. The van der Waals surface area contributed by atoms with Crippen LogP contribution in [-0.4, -0.2) is 54.4 Å². The van der Waals surface area contributed by atoms with E-state index < -0.39 is 0 Å². The van der Waals surface area contributed by atoms with E-state index in [1.807, 2.05) is 53.4 Å². The summed E-state index contributed by atoms with van der Waals surface area (Å²) in [4.78, 5) is 28.8. The normalized spacial score (nSPS) is 16.2. The molecular formula is C22H21BrN2O3. The highest BCUT2D eigenvalue weighted by Gasteiger charge is 2.25. The van der Waals surface area contributed by atoms with Crippen LogP contribution in [0.5, 0.6) is 5.75 Å². The molecule has 0 aliphatic carbocycles. The van der Waals surface area contributed by atoms with E-state index in [4.69, 9.17) is 4.74 Å². The fourth-order valence-corrected chi connectivity index (χ4v) is 3.74. The van der Waals surface area contributed by atoms with Gasteiger partial charge in [-0.2, -0.15) is 0 Å². The Labute approximate surface area is 172 Å². The third-order valence-corrected chi connectivity index (χ3v) is 5.63. The largest absolute Gasteiger partial charge is 0.493 e. The van der Waals surface area contributed by atoms with Crippen molar-refractivity contribution in [3.8, 4) is 5.75 Å².